The van der Waals surface area contributed by atoms with Crippen molar-refractivity contribution in [2.24, 2.45) is 5.73 Å². The van der Waals surface area contributed by atoms with Crippen LogP contribution in [0.25, 0.3) is 0 Å². The van der Waals surface area contributed by atoms with Crippen molar-refractivity contribution >= 4 is 9.84 Å². The van der Waals surface area contributed by atoms with Crippen LogP contribution >= 0.6 is 0 Å². The van der Waals surface area contributed by atoms with Crippen molar-refractivity contribution < 1.29 is 8.42 Å². The molecule has 1 unspecified atom stereocenters. The smallest absolute Gasteiger partial charge is 0.153 e. The molecule has 3 nitrogen and oxygen atoms in total. The molecule has 1 saturated heterocycles. The van der Waals surface area contributed by atoms with Gasteiger partial charge in [0.15, 0.2) is 9.84 Å². The van der Waals surface area contributed by atoms with E-state index in [0.29, 0.717) is 18.7 Å². The molecule has 82 valence electrons. The second kappa shape index (κ2) is 5.51. The van der Waals surface area contributed by atoms with Gasteiger partial charge >= 0.3 is 0 Å². The molecule has 1 rings (SSSR count). The van der Waals surface area contributed by atoms with Gasteiger partial charge in [-0.3, -0.25) is 0 Å². The molecule has 1 atom stereocenters. The first-order valence-corrected chi connectivity index (χ1v) is 6.95. The number of hydrogen-bond acceptors (Lipinski definition) is 3. The topological polar surface area (TPSA) is 60.2 Å². The summed E-state index contributed by atoms with van der Waals surface area (Å²) in [6, 6.07) is 0. The van der Waals surface area contributed by atoms with E-state index in [1.54, 1.807) is 0 Å². The van der Waals surface area contributed by atoms with Crippen LogP contribution in [0.2, 0.25) is 0 Å². The molecule has 0 aromatic rings. The third-order valence-corrected chi connectivity index (χ3v) is 4.91. The van der Waals surface area contributed by atoms with E-state index in [-0.39, 0.29) is 5.25 Å². The highest BCUT2D eigenvalue weighted by molar-refractivity contribution is 7.92. The van der Waals surface area contributed by atoms with Gasteiger partial charge in [0.1, 0.15) is 0 Å². The molecule has 14 heavy (non-hydrogen) atoms. The molecule has 0 spiro atoms. The first kappa shape index (κ1) is 11.7. The van der Waals surface area contributed by atoms with Gasteiger partial charge in [-0.25, -0.2) is 8.42 Å². The maximum atomic E-state index is 11.6. The van der Waals surface area contributed by atoms with Gasteiger partial charge in [-0.1, -0.05) is 18.6 Å². The second-order valence-electron chi connectivity index (χ2n) is 3.77. The van der Waals surface area contributed by atoms with Crippen LogP contribution in [0.15, 0.2) is 12.2 Å². The number of allylic oxidation sites excluding steroid dienone is 1. The van der Waals surface area contributed by atoms with Gasteiger partial charge in [0.05, 0.1) is 11.0 Å². The zero-order chi connectivity index (χ0) is 10.4. The Labute approximate surface area is 86.3 Å². The predicted octanol–water partition coefficient (Wildman–Crippen LogP) is 1.25. The van der Waals surface area contributed by atoms with Gasteiger partial charge in [-0.05, 0) is 32.2 Å². The van der Waals surface area contributed by atoms with E-state index in [2.05, 4.69) is 0 Å². The largest absolute Gasteiger partial charge is 0.330 e. The van der Waals surface area contributed by atoms with Gasteiger partial charge in [-0.2, -0.15) is 0 Å². The fraction of sp³-hybridized carbons (Fsp3) is 0.800. The van der Waals surface area contributed by atoms with E-state index in [9.17, 15) is 8.42 Å². The lowest BCUT2D eigenvalue weighted by molar-refractivity contribution is 0.540. The minimum atomic E-state index is -2.79. The Balaban J connectivity index is 2.42. The van der Waals surface area contributed by atoms with Crippen LogP contribution in [0.5, 0.6) is 0 Å². The normalized spacial score (nSPS) is 26.8. The Morgan fingerprint density at radius 1 is 1.29 bits per heavy atom. The summed E-state index contributed by atoms with van der Waals surface area (Å²) in [7, 11) is -2.79. The van der Waals surface area contributed by atoms with Gasteiger partial charge < -0.3 is 5.73 Å². The number of hydrogen-bond donors (Lipinski definition) is 1. The zero-order valence-electron chi connectivity index (χ0n) is 8.48. The minimum absolute atomic E-state index is 0.134. The van der Waals surface area contributed by atoms with Gasteiger partial charge in [-0.15, -0.1) is 0 Å². The summed E-state index contributed by atoms with van der Waals surface area (Å²) in [5.41, 5.74) is 5.33. The van der Waals surface area contributed by atoms with Crippen molar-refractivity contribution in [1.29, 1.82) is 0 Å². The molecule has 1 heterocycles. The molecule has 0 aliphatic carbocycles. The number of sulfone groups is 1. The van der Waals surface area contributed by atoms with Crippen molar-refractivity contribution in [1.82, 2.24) is 0 Å². The Morgan fingerprint density at radius 2 is 2.07 bits per heavy atom. The predicted molar refractivity (Wildman–Crippen MR) is 58.9 cm³/mol. The van der Waals surface area contributed by atoms with Crippen LogP contribution in [-0.4, -0.2) is 26.0 Å². The van der Waals surface area contributed by atoms with Gasteiger partial charge in [0.2, 0.25) is 0 Å². The molecule has 1 aliphatic heterocycles. The monoisotopic (exact) mass is 217 g/mol. The second-order valence-corrected chi connectivity index (χ2v) is 6.17. The maximum absolute atomic E-state index is 11.6. The van der Waals surface area contributed by atoms with E-state index in [1.807, 2.05) is 12.2 Å². The fourth-order valence-corrected chi connectivity index (χ4v) is 3.62. The summed E-state index contributed by atoms with van der Waals surface area (Å²) in [4.78, 5) is 0. The Bertz CT molecular complexity index is 282. The van der Waals surface area contributed by atoms with E-state index < -0.39 is 9.84 Å². The molecule has 0 amide bonds. The summed E-state index contributed by atoms with van der Waals surface area (Å²) < 4.78 is 23.2. The van der Waals surface area contributed by atoms with Crippen molar-refractivity contribution in [3.05, 3.63) is 12.2 Å². The number of rotatable bonds is 4. The summed E-state index contributed by atoms with van der Waals surface area (Å²) in [5.74, 6) is 0.377. The molecule has 4 heteroatoms. The average molecular weight is 217 g/mol. The molecule has 0 radical (unpaired) electrons. The van der Waals surface area contributed by atoms with E-state index in [4.69, 9.17) is 5.73 Å². The van der Waals surface area contributed by atoms with Crippen LogP contribution in [0.3, 0.4) is 0 Å². The molecule has 0 aromatic heterocycles. The molecular formula is C10H19NO2S. The Kier molecular flexibility index (Phi) is 4.62. The standard InChI is InChI=1S/C10H19NO2S/c11-8-4-1-2-6-10-7-3-5-9-14(10,12)13/h1-2,10H,3-9,11H2/b2-1-. The average Bonchev–Trinajstić information content (AvgIpc) is 2.14. The third-order valence-electron chi connectivity index (χ3n) is 2.61. The van der Waals surface area contributed by atoms with E-state index in [0.717, 1.165) is 25.7 Å². The highest BCUT2D eigenvalue weighted by atomic mass is 32.2. The van der Waals surface area contributed by atoms with Crippen LogP contribution < -0.4 is 5.73 Å². The van der Waals surface area contributed by atoms with Gasteiger partial charge in [0, 0.05) is 0 Å². The van der Waals surface area contributed by atoms with Crippen LogP contribution in [0, 0.1) is 0 Å². The molecule has 2 N–H and O–H groups in total. The molecule has 1 aliphatic rings. The highest BCUT2D eigenvalue weighted by Gasteiger charge is 2.27. The first-order valence-electron chi connectivity index (χ1n) is 5.23. The van der Waals surface area contributed by atoms with Crippen LogP contribution in [-0.2, 0) is 9.84 Å². The minimum Gasteiger partial charge on any atom is -0.330 e. The molecule has 1 fully saturated rings. The summed E-state index contributed by atoms with van der Waals surface area (Å²) in [5, 5.41) is -0.134. The fourth-order valence-electron chi connectivity index (χ4n) is 1.75. The number of nitrogens with two attached hydrogens (primary N) is 1. The van der Waals surface area contributed by atoms with Crippen molar-refractivity contribution in [3.8, 4) is 0 Å². The molecule has 0 saturated carbocycles. The Hall–Kier alpha value is -0.350. The highest BCUT2D eigenvalue weighted by Crippen LogP contribution is 2.22. The van der Waals surface area contributed by atoms with Crippen molar-refractivity contribution in [3.63, 3.8) is 0 Å². The maximum Gasteiger partial charge on any atom is 0.153 e. The summed E-state index contributed by atoms with van der Waals surface area (Å²) >= 11 is 0. The lowest BCUT2D eigenvalue weighted by Crippen LogP contribution is -2.27. The lowest BCUT2D eigenvalue weighted by atomic mass is 10.1. The Morgan fingerprint density at radius 3 is 2.71 bits per heavy atom. The summed E-state index contributed by atoms with van der Waals surface area (Å²) in [6.45, 7) is 0.633. The van der Waals surface area contributed by atoms with Crippen molar-refractivity contribution in [2.75, 3.05) is 12.3 Å². The molecular weight excluding hydrogens is 198 g/mol. The van der Waals surface area contributed by atoms with Crippen LogP contribution in [0.4, 0.5) is 0 Å². The molecule has 0 aromatic carbocycles. The quantitative estimate of drug-likeness (QED) is 0.721. The lowest BCUT2D eigenvalue weighted by Gasteiger charge is -2.20. The zero-order valence-corrected chi connectivity index (χ0v) is 9.30. The SMILES string of the molecule is NCC/C=C\CC1CCCCS1(=O)=O. The van der Waals surface area contributed by atoms with Crippen molar-refractivity contribution in [2.45, 2.75) is 37.4 Å². The van der Waals surface area contributed by atoms with Crippen LogP contribution in [0.1, 0.15) is 32.1 Å². The first-order chi connectivity index (χ1) is 6.67. The summed E-state index contributed by atoms with van der Waals surface area (Å²) in [6.07, 6.45) is 8.16. The third kappa shape index (κ3) is 3.42. The van der Waals surface area contributed by atoms with E-state index >= 15 is 0 Å². The molecule has 0 bridgehead atoms. The van der Waals surface area contributed by atoms with E-state index in [1.165, 1.54) is 0 Å². The van der Waals surface area contributed by atoms with Gasteiger partial charge in [0.25, 0.3) is 0 Å².